The van der Waals surface area contributed by atoms with Crippen molar-refractivity contribution in [1.82, 2.24) is 5.32 Å². The fourth-order valence-corrected chi connectivity index (χ4v) is 1.35. The van der Waals surface area contributed by atoms with Gasteiger partial charge in [0.25, 0.3) is 0 Å². The van der Waals surface area contributed by atoms with Crippen LogP contribution in [0.1, 0.15) is 5.56 Å². The summed E-state index contributed by atoms with van der Waals surface area (Å²) in [4.78, 5) is 10.2. The van der Waals surface area contributed by atoms with E-state index in [-0.39, 0.29) is 6.04 Å². The van der Waals surface area contributed by atoms with Gasteiger partial charge < -0.3 is 5.32 Å². The molecule has 13 heavy (non-hydrogen) atoms. The summed E-state index contributed by atoms with van der Waals surface area (Å²) in [6.07, 6.45) is 1.47. The molecule has 1 amide bonds. The Morgan fingerprint density at radius 3 is 2.62 bits per heavy atom. The summed E-state index contributed by atoms with van der Waals surface area (Å²) in [5, 5.41) is 2.67. The van der Waals surface area contributed by atoms with Gasteiger partial charge in [0, 0.05) is 11.9 Å². The Hall–Kier alpha value is -1.02. The van der Waals surface area contributed by atoms with Gasteiger partial charge in [-0.05, 0) is 12.0 Å². The molecule has 0 saturated heterocycles. The number of hydrogen-bond acceptors (Lipinski definition) is 1. The smallest absolute Gasteiger partial charge is 0.207 e. The molecule has 1 rings (SSSR count). The molecule has 1 atom stereocenters. The Bertz CT molecular complexity index is 250. The molecule has 1 aromatic rings. The van der Waals surface area contributed by atoms with Crippen LogP contribution >= 0.6 is 11.6 Å². The summed E-state index contributed by atoms with van der Waals surface area (Å²) in [6, 6.07) is 9.98. The second kappa shape index (κ2) is 5.60. The Morgan fingerprint density at radius 1 is 1.38 bits per heavy atom. The monoisotopic (exact) mass is 197 g/mol. The van der Waals surface area contributed by atoms with E-state index in [9.17, 15) is 4.79 Å². The molecule has 0 aliphatic rings. The Labute approximate surface area is 82.9 Å². The van der Waals surface area contributed by atoms with Gasteiger partial charge in [0.05, 0.1) is 0 Å². The lowest BCUT2D eigenvalue weighted by Crippen LogP contribution is -2.31. The summed E-state index contributed by atoms with van der Waals surface area (Å²) in [6.45, 7) is 0. The zero-order valence-corrected chi connectivity index (χ0v) is 8.00. The predicted octanol–water partition coefficient (Wildman–Crippen LogP) is 1.58. The van der Waals surface area contributed by atoms with E-state index in [4.69, 9.17) is 11.6 Å². The lowest BCUT2D eigenvalue weighted by Gasteiger charge is -2.11. The second-order valence-corrected chi connectivity index (χ2v) is 3.13. The Kier molecular flexibility index (Phi) is 4.33. The summed E-state index contributed by atoms with van der Waals surface area (Å²) >= 11 is 5.67. The fraction of sp³-hybridized carbons (Fsp3) is 0.300. The standard InChI is InChI=1S/C10H12ClNO/c11-7-10(12-8-13)6-9-4-2-1-3-5-9/h1-5,8,10H,6-7H2,(H,12,13)/t10-/m0/s1. The van der Waals surface area contributed by atoms with Crippen molar-refractivity contribution in [3.63, 3.8) is 0 Å². The molecule has 0 aliphatic heterocycles. The van der Waals surface area contributed by atoms with Crippen molar-refractivity contribution in [3.05, 3.63) is 35.9 Å². The minimum atomic E-state index is 0.0292. The second-order valence-electron chi connectivity index (χ2n) is 2.83. The number of halogens is 1. The molecular weight excluding hydrogens is 186 g/mol. The minimum Gasteiger partial charge on any atom is -0.354 e. The molecule has 0 saturated carbocycles. The van der Waals surface area contributed by atoms with Crippen molar-refractivity contribution in [2.45, 2.75) is 12.5 Å². The van der Waals surface area contributed by atoms with E-state index in [1.165, 1.54) is 5.56 Å². The van der Waals surface area contributed by atoms with Crippen LogP contribution in [-0.2, 0) is 11.2 Å². The van der Waals surface area contributed by atoms with Crippen molar-refractivity contribution in [1.29, 1.82) is 0 Å². The number of rotatable bonds is 5. The third kappa shape index (κ3) is 3.47. The zero-order chi connectivity index (χ0) is 9.52. The molecule has 0 bridgehead atoms. The first-order chi connectivity index (χ1) is 6.36. The van der Waals surface area contributed by atoms with Crippen molar-refractivity contribution in [3.8, 4) is 0 Å². The molecule has 0 unspecified atom stereocenters. The average molecular weight is 198 g/mol. The summed E-state index contributed by atoms with van der Waals surface area (Å²) < 4.78 is 0. The van der Waals surface area contributed by atoms with E-state index < -0.39 is 0 Å². The number of alkyl halides is 1. The van der Waals surface area contributed by atoms with Crippen LogP contribution in [-0.4, -0.2) is 18.3 Å². The van der Waals surface area contributed by atoms with E-state index in [2.05, 4.69) is 5.32 Å². The largest absolute Gasteiger partial charge is 0.354 e. The number of amides is 1. The van der Waals surface area contributed by atoms with Crippen molar-refractivity contribution < 1.29 is 4.79 Å². The van der Waals surface area contributed by atoms with E-state index in [1.54, 1.807) is 0 Å². The van der Waals surface area contributed by atoms with Gasteiger partial charge in [0.15, 0.2) is 0 Å². The molecule has 0 fully saturated rings. The molecule has 0 aliphatic carbocycles. The van der Waals surface area contributed by atoms with Gasteiger partial charge >= 0.3 is 0 Å². The number of nitrogens with one attached hydrogen (secondary N) is 1. The molecule has 0 radical (unpaired) electrons. The fourth-order valence-electron chi connectivity index (χ4n) is 1.15. The van der Waals surface area contributed by atoms with Gasteiger partial charge in [-0.1, -0.05) is 30.3 Å². The molecule has 0 heterocycles. The molecule has 0 aromatic heterocycles. The highest BCUT2D eigenvalue weighted by atomic mass is 35.5. The van der Waals surface area contributed by atoms with Crippen molar-refractivity contribution in [2.24, 2.45) is 0 Å². The SMILES string of the molecule is O=CN[C@H](CCl)Cc1ccccc1. The zero-order valence-electron chi connectivity index (χ0n) is 7.24. The maximum atomic E-state index is 10.2. The molecular formula is C10H12ClNO. The Morgan fingerprint density at radius 2 is 2.08 bits per heavy atom. The highest BCUT2D eigenvalue weighted by Crippen LogP contribution is 2.03. The van der Waals surface area contributed by atoms with Gasteiger partial charge in [0.1, 0.15) is 0 Å². The third-order valence-corrected chi connectivity index (χ3v) is 2.19. The van der Waals surface area contributed by atoms with Crippen LogP contribution in [0.4, 0.5) is 0 Å². The first kappa shape index (κ1) is 10.1. The first-order valence-corrected chi connectivity index (χ1v) is 4.70. The maximum Gasteiger partial charge on any atom is 0.207 e. The van der Waals surface area contributed by atoms with Gasteiger partial charge in [-0.25, -0.2) is 0 Å². The van der Waals surface area contributed by atoms with E-state index in [0.717, 1.165) is 6.42 Å². The van der Waals surface area contributed by atoms with E-state index in [1.807, 2.05) is 30.3 Å². The highest BCUT2D eigenvalue weighted by Gasteiger charge is 2.05. The summed E-state index contributed by atoms with van der Waals surface area (Å²) in [5.74, 6) is 0.438. The van der Waals surface area contributed by atoms with Crippen molar-refractivity contribution in [2.75, 3.05) is 5.88 Å². The first-order valence-electron chi connectivity index (χ1n) is 4.16. The number of carbonyl (C=O) groups is 1. The third-order valence-electron chi connectivity index (χ3n) is 1.81. The maximum absolute atomic E-state index is 10.2. The van der Waals surface area contributed by atoms with E-state index >= 15 is 0 Å². The van der Waals surface area contributed by atoms with Gasteiger partial charge in [-0.3, -0.25) is 4.79 Å². The van der Waals surface area contributed by atoms with Crippen LogP contribution in [0, 0.1) is 0 Å². The van der Waals surface area contributed by atoms with Crippen LogP contribution in [0.5, 0.6) is 0 Å². The summed E-state index contributed by atoms with van der Waals surface area (Å²) in [7, 11) is 0. The molecule has 1 N–H and O–H groups in total. The minimum absolute atomic E-state index is 0.0292. The van der Waals surface area contributed by atoms with Gasteiger partial charge in [0.2, 0.25) is 6.41 Å². The van der Waals surface area contributed by atoms with Gasteiger partial charge in [-0.15, -0.1) is 11.6 Å². The molecule has 70 valence electrons. The van der Waals surface area contributed by atoms with Crippen molar-refractivity contribution >= 4 is 18.0 Å². The number of benzene rings is 1. The average Bonchev–Trinajstić information content (AvgIpc) is 2.19. The van der Waals surface area contributed by atoms with Crippen LogP contribution < -0.4 is 5.32 Å². The quantitative estimate of drug-likeness (QED) is 0.564. The lowest BCUT2D eigenvalue weighted by molar-refractivity contribution is -0.110. The number of carbonyl (C=O) groups excluding carboxylic acids is 1. The normalized spacial score (nSPS) is 12.1. The molecule has 1 aromatic carbocycles. The van der Waals surface area contributed by atoms with Crippen LogP contribution in [0.3, 0.4) is 0 Å². The summed E-state index contributed by atoms with van der Waals surface area (Å²) in [5.41, 5.74) is 1.18. The van der Waals surface area contributed by atoms with E-state index in [0.29, 0.717) is 12.3 Å². The molecule has 2 nitrogen and oxygen atoms in total. The van der Waals surface area contributed by atoms with Crippen LogP contribution in [0.15, 0.2) is 30.3 Å². The highest BCUT2D eigenvalue weighted by molar-refractivity contribution is 6.18. The molecule has 3 heteroatoms. The van der Waals surface area contributed by atoms with Crippen LogP contribution in [0.25, 0.3) is 0 Å². The lowest BCUT2D eigenvalue weighted by atomic mass is 10.1. The molecule has 0 spiro atoms. The number of hydrogen-bond donors (Lipinski definition) is 1. The topological polar surface area (TPSA) is 29.1 Å². The van der Waals surface area contributed by atoms with Crippen LogP contribution in [0.2, 0.25) is 0 Å². The Balaban J connectivity index is 2.51. The van der Waals surface area contributed by atoms with Gasteiger partial charge in [-0.2, -0.15) is 0 Å². The predicted molar refractivity (Wildman–Crippen MR) is 53.9 cm³/mol.